The van der Waals surface area contributed by atoms with Crippen LogP contribution in [-0.4, -0.2) is 93.0 Å². The van der Waals surface area contributed by atoms with Gasteiger partial charge in [-0.2, -0.15) is 0 Å². The van der Waals surface area contributed by atoms with Crippen molar-refractivity contribution in [1.29, 1.82) is 0 Å². The molecule has 48 heavy (non-hydrogen) atoms. The number of carbonyl (C=O) groups is 5. The highest BCUT2D eigenvalue weighted by Gasteiger charge is 2.28. The first-order chi connectivity index (χ1) is 22.6. The molecule has 0 fully saturated rings. The van der Waals surface area contributed by atoms with Crippen molar-refractivity contribution in [2.24, 2.45) is 5.92 Å². The van der Waals surface area contributed by atoms with Crippen LogP contribution in [0.3, 0.4) is 0 Å². The zero-order valence-corrected chi connectivity index (χ0v) is 27.0. The second kappa shape index (κ2) is 16.7. The number of phenolic OH excluding ortho intramolecular Hbond substituents is 4. The molecule has 5 atom stereocenters. The first-order valence-electron chi connectivity index (χ1n) is 15.2. The van der Waals surface area contributed by atoms with Crippen LogP contribution in [0.15, 0.2) is 24.3 Å². The van der Waals surface area contributed by atoms with E-state index >= 15 is 0 Å². The van der Waals surface area contributed by atoms with Gasteiger partial charge in [0.2, 0.25) is 0 Å². The number of fused-ring (bicyclic) bond motifs is 2. The molecule has 2 aromatic carbocycles. The number of phenols is 4. The van der Waals surface area contributed by atoms with E-state index in [1.165, 1.54) is 39.8 Å². The molecular weight excluding hydrogens is 636 g/mol. The minimum atomic E-state index is -1.06. The van der Waals surface area contributed by atoms with Crippen LogP contribution in [0.1, 0.15) is 78.8 Å². The van der Waals surface area contributed by atoms with Gasteiger partial charge in [0.05, 0.1) is 25.9 Å². The van der Waals surface area contributed by atoms with Gasteiger partial charge in [-0.3, -0.25) is 14.4 Å². The molecule has 0 spiro atoms. The Kier molecular flexibility index (Phi) is 13.0. The number of aromatic hydroxyl groups is 4. The summed E-state index contributed by atoms with van der Waals surface area (Å²) in [4.78, 5) is 63.9. The number of aliphatic hydroxyl groups is 1. The fourth-order valence-electron chi connectivity index (χ4n) is 5.10. The minimum Gasteiger partial charge on any atom is -0.508 e. The fourth-order valence-corrected chi connectivity index (χ4v) is 5.10. The summed E-state index contributed by atoms with van der Waals surface area (Å²) in [5, 5.41) is 50.8. The zero-order valence-electron chi connectivity index (χ0n) is 27.0. The highest BCUT2D eigenvalue weighted by Crippen LogP contribution is 2.31. The molecule has 0 bridgehead atoms. The average Bonchev–Trinajstić information content (AvgIpc) is 2.93. The lowest BCUT2D eigenvalue weighted by Gasteiger charge is -2.20. The van der Waals surface area contributed by atoms with E-state index in [1.807, 2.05) is 0 Å². The molecule has 1 heterocycles. The summed E-state index contributed by atoms with van der Waals surface area (Å²) >= 11 is 0. The SMILES string of the molecule is CC1Cc2cc(O)cc(O)c2C(=O)OC(C)CC(=O)OCC(CO)CC(=O)OC(C)Cc2cc(O)cc(O)c2C(=O)OC(C)CC(=O)O1. The number of rotatable bonds is 1. The Hall–Kier alpha value is -5.05. The van der Waals surface area contributed by atoms with Gasteiger partial charge in [0, 0.05) is 37.5 Å². The smallest absolute Gasteiger partial charge is 0.342 e. The summed E-state index contributed by atoms with van der Waals surface area (Å²) in [7, 11) is 0. The van der Waals surface area contributed by atoms with Crippen LogP contribution < -0.4 is 0 Å². The molecule has 0 aliphatic carbocycles. The Labute approximate surface area is 275 Å². The van der Waals surface area contributed by atoms with Crippen molar-refractivity contribution in [3.8, 4) is 23.0 Å². The second-order valence-corrected chi connectivity index (χ2v) is 11.8. The van der Waals surface area contributed by atoms with Crippen molar-refractivity contribution in [3.05, 3.63) is 46.5 Å². The van der Waals surface area contributed by atoms with Gasteiger partial charge < -0.3 is 49.2 Å². The standard InChI is InChI=1S/C33H40O15/c1-16-5-21-10-23(35)12-25(37)30(21)32(42)47-18(3)7-27(39)44-15-20(14-34)9-29(41)46-17(2)6-22-11-24(36)13-26(38)31(22)33(43)48-19(4)8-28(40)45-16/h10-13,16-20,34-38H,5-9,14-15H2,1-4H3. The number of ether oxygens (including phenoxy) is 5. The summed E-state index contributed by atoms with van der Waals surface area (Å²) in [5.74, 6) is -7.29. The lowest BCUT2D eigenvalue weighted by molar-refractivity contribution is -0.154. The molecule has 3 rings (SSSR count). The number of hydrogen-bond donors (Lipinski definition) is 5. The van der Waals surface area contributed by atoms with Crippen LogP contribution in [0.5, 0.6) is 23.0 Å². The van der Waals surface area contributed by atoms with Crippen LogP contribution in [0.2, 0.25) is 0 Å². The van der Waals surface area contributed by atoms with Crippen LogP contribution >= 0.6 is 0 Å². The molecule has 262 valence electrons. The number of carbonyl (C=O) groups excluding carboxylic acids is 5. The molecule has 0 amide bonds. The maximum atomic E-state index is 13.1. The van der Waals surface area contributed by atoms with Gasteiger partial charge in [-0.05, 0) is 51.0 Å². The van der Waals surface area contributed by atoms with Crippen LogP contribution in [0.25, 0.3) is 0 Å². The van der Waals surface area contributed by atoms with Crippen molar-refractivity contribution in [3.63, 3.8) is 0 Å². The molecule has 1 aliphatic heterocycles. The predicted octanol–water partition coefficient (Wildman–Crippen LogP) is 2.58. The molecule has 5 unspecified atom stereocenters. The molecule has 1 aliphatic rings. The number of aliphatic hydroxyl groups excluding tert-OH is 1. The Morgan fingerprint density at radius 1 is 0.562 bits per heavy atom. The zero-order chi connectivity index (χ0) is 35.7. The monoisotopic (exact) mass is 676 g/mol. The van der Waals surface area contributed by atoms with E-state index in [2.05, 4.69) is 0 Å². The van der Waals surface area contributed by atoms with E-state index in [1.54, 1.807) is 0 Å². The number of cyclic esters (lactones) is 5. The summed E-state index contributed by atoms with van der Waals surface area (Å²) < 4.78 is 26.7. The van der Waals surface area contributed by atoms with Crippen LogP contribution in [0.4, 0.5) is 0 Å². The summed E-state index contributed by atoms with van der Waals surface area (Å²) in [6.07, 6.45) is -5.39. The maximum Gasteiger partial charge on any atom is 0.342 e. The van der Waals surface area contributed by atoms with E-state index in [9.17, 15) is 49.5 Å². The van der Waals surface area contributed by atoms with Crippen molar-refractivity contribution in [2.75, 3.05) is 13.2 Å². The second-order valence-electron chi connectivity index (χ2n) is 11.8. The molecule has 0 aromatic heterocycles. The molecule has 2 aromatic rings. The van der Waals surface area contributed by atoms with Crippen LogP contribution in [0, 0.1) is 5.92 Å². The van der Waals surface area contributed by atoms with E-state index < -0.39 is 91.1 Å². The van der Waals surface area contributed by atoms with Gasteiger partial charge in [-0.1, -0.05) is 0 Å². The topological polar surface area (TPSA) is 233 Å². The minimum absolute atomic E-state index is 0.0693. The number of benzene rings is 2. The molecule has 5 N–H and O–H groups in total. The van der Waals surface area contributed by atoms with E-state index in [0.29, 0.717) is 0 Å². The van der Waals surface area contributed by atoms with E-state index in [0.717, 1.165) is 12.1 Å². The Morgan fingerprint density at radius 2 is 0.958 bits per heavy atom. The lowest BCUT2D eigenvalue weighted by atomic mass is 10.00. The normalized spacial score (nSPS) is 24.3. The molecule has 0 saturated carbocycles. The third-order valence-corrected chi connectivity index (χ3v) is 7.17. The third-order valence-electron chi connectivity index (χ3n) is 7.17. The summed E-state index contributed by atoms with van der Waals surface area (Å²) in [5.41, 5.74) is -0.510. The summed E-state index contributed by atoms with van der Waals surface area (Å²) in [6.45, 7) is 4.89. The van der Waals surface area contributed by atoms with E-state index in [-0.39, 0.29) is 59.6 Å². The Morgan fingerprint density at radius 3 is 1.40 bits per heavy atom. The van der Waals surface area contributed by atoms with Gasteiger partial charge in [0.25, 0.3) is 0 Å². The number of hydrogen-bond acceptors (Lipinski definition) is 15. The largest absolute Gasteiger partial charge is 0.508 e. The van der Waals surface area contributed by atoms with Gasteiger partial charge in [0.15, 0.2) is 0 Å². The highest BCUT2D eigenvalue weighted by atomic mass is 16.6. The number of esters is 5. The molecule has 0 radical (unpaired) electrons. The van der Waals surface area contributed by atoms with Crippen molar-refractivity contribution in [2.45, 2.75) is 84.2 Å². The van der Waals surface area contributed by atoms with Crippen molar-refractivity contribution in [1.82, 2.24) is 0 Å². The van der Waals surface area contributed by atoms with Crippen molar-refractivity contribution < 1.29 is 73.2 Å². The molecular formula is C33H40O15. The Balaban J connectivity index is 1.90. The van der Waals surface area contributed by atoms with E-state index in [4.69, 9.17) is 23.7 Å². The predicted molar refractivity (Wildman–Crippen MR) is 163 cm³/mol. The van der Waals surface area contributed by atoms with Gasteiger partial charge in [-0.25, -0.2) is 9.59 Å². The molecule has 15 nitrogen and oxygen atoms in total. The van der Waals surface area contributed by atoms with Gasteiger partial charge >= 0.3 is 29.8 Å². The van der Waals surface area contributed by atoms with Crippen LogP contribution in [-0.2, 0) is 50.9 Å². The van der Waals surface area contributed by atoms with Gasteiger partial charge in [0.1, 0.15) is 58.5 Å². The quantitative estimate of drug-likeness (QED) is 0.216. The highest BCUT2D eigenvalue weighted by molar-refractivity contribution is 5.95. The van der Waals surface area contributed by atoms with Crippen molar-refractivity contribution >= 4 is 29.8 Å². The van der Waals surface area contributed by atoms with Gasteiger partial charge in [-0.15, -0.1) is 0 Å². The molecule has 15 heteroatoms. The average molecular weight is 677 g/mol. The summed E-state index contributed by atoms with van der Waals surface area (Å²) in [6, 6.07) is 4.21. The lowest BCUT2D eigenvalue weighted by Crippen LogP contribution is -2.26. The Bertz CT molecular complexity index is 1520. The third kappa shape index (κ3) is 10.8. The maximum absolute atomic E-state index is 13.1. The first kappa shape index (κ1) is 37.4. The first-order valence-corrected chi connectivity index (χ1v) is 15.2. The fraction of sp³-hybridized carbons (Fsp3) is 0.485. The molecule has 0 saturated heterocycles.